The smallest absolute Gasteiger partial charge is 0.253 e. The van der Waals surface area contributed by atoms with E-state index in [0.717, 1.165) is 0 Å². The molecule has 4 N–H and O–H groups in total. The van der Waals surface area contributed by atoms with Crippen LogP contribution in [0.5, 0.6) is 0 Å². The lowest BCUT2D eigenvalue weighted by Crippen LogP contribution is -2.61. The van der Waals surface area contributed by atoms with Gasteiger partial charge in [-0.05, 0) is 24.6 Å². The molecule has 0 spiro atoms. The van der Waals surface area contributed by atoms with Gasteiger partial charge in [-0.1, -0.05) is 25.4 Å². The van der Waals surface area contributed by atoms with Gasteiger partial charge in [0.05, 0.1) is 11.7 Å². The summed E-state index contributed by atoms with van der Waals surface area (Å²) in [6, 6.07) is 4.76. The molecule has 0 heterocycles. The number of carbonyl (C=O) groups excluding carboxylic acids is 1. The first-order valence-corrected chi connectivity index (χ1v) is 6.24. The number of carbonyl (C=O) groups is 1. The Hall–Kier alpha value is -1.26. The largest absolute Gasteiger partial charge is 0.398 e. The Kier molecular flexibility index (Phi) is 3.25. The average molecular weight is 269 g/mol. The van der Waals surface area contributed by atoms with E-state index in [-0.39, 0.29) is 23.5 Å². The van der Waals surface area contributed by atoms with Gasteiger partial charge in [-0.25, -0.2) is 0 Å². The number of rotatable bonds is 2. The van der Waals surface area contributed by atoms with Gasteiger partial charge in [-0.3, -0.25) is 4.79 Å². The first kappa shape index (κ1) is 13.2. The molecule has 1 aliphatic rings. The summed E-state index contributed by atoms with van der Waals surface area (Å²) >= 11 is 5.79. The molecular weight excluding hydrogens is 252 g/mol. The molecule has 1 fully saturated rings. The topological polar surface area (TPSA) is 75.3 Å². The molecule has 98 valence electrons. The zero-order valence-corrected chi connectivity index (χ0v) is 11.2. The number of aliphatic hydroxyl groups excluding tert-OH is 1. The van der Waals surface area contributed by atoms with Gasteiger partial charge in [-0.15, -0.1) is 0 Å². The summed E-state index contributed by atoms with van der Waals surface area (Å²) in [7, 11) is 0. The van der Waals surface area contributed by atoms with Crippen LogP contribution in [0.25, 0.3) is 0 Å². The normalized spacial score (nSPS) is 25.3. The van der Waals surface area contributed by atoms with Crippen LogP contribution in [0, 0.1) is 5.41 Å². The molecule has 0 aliphatic heterocycles. The van der Waals surface area contributed by atoms with E-state index >= 15 is 0 Å². The Balaban J connectivity index is 2.09. The number of nitrogens with one attached hydrogen (secondary N) is 1. The number of nitrogens with two attached hydrogens (primary N) is 1. The molecule has 0 saturated heterocycles. The monoisotopic (exact) mass is 268 g/mol. The van der Waals surface area contributed by atoms with Crippen molar-refractivity contribution in [3.05, 3.63) is 28.8 Å². The summed E-state index contributed by atoms with van der Waals surface area (Å²) in [6.07, 6.45) is 0.206. The van der Waals surface area contributed by atoms with Crippen molar-refractivity contribution in [1.82, 2.24) is 5.32 Å². The fourth-order valence-corrected chi connectivity index (χ4v) is 2.30. The van der Waals surface area contributed by atoms with Crippen molar-refractivity contribution >= 4 is 23.2 Å². The molecule has 1 amide bonds. The summed E-state index contributed by atoms with van der Waals surface area (Å²) in [5, 5.41) is 13.0. The Labute approximate surface area is 111 Å². The molecule has 0 bridgehead atoms. The number of halogens is 1. The van der Waals surface area contributed by atoms with Gasteiger partial charge in [0.2, 0.25) is 0 Å². The van der Waals surface area contributed by atoms with Gasteiger partial charge in [0, 0.05) is 22.2 Å². The first-order valence-electron chi connectivity index (χ1n) is 5.86. The highest BCUT2D eigenvalue weighted by Crippen LogP contribution is 2.40. The lowest BCUT2D eigenvalue weighted by molar-refractivity contribution is -0.0689. The summed E-state index contributed by atoms with van der Waals surface area (Å²) in [4.78, 5) is 12.1. The van der Waals surface area contributed by atoms with E-state index in [1.165, 1.54) is 0 Å². The van der Waals surface area contributed by atoms with E-state index in [0.29, 0.717) is 22.7 Å². The Bertz CT molecular complexity index is 488. The van der Waals surface area contributed by atoms with Crippen LogP contribution in [0.4, 0.5) is 5.69 Å². The Morgan fingerprint density at radius 3 is 2.72 bits per heavy atom. The van der Waals surface area contributed by atoms with Crippen molar-refractivity contribution in [2.24, 2.45) is 5.41 Å². The van der Waals surface area contributed by atoms with Crippen molar-refractivity contribution in [3.8, 4) is 0 Å². The average Bonchev–Trinajstić information content (AvgIpc) is 2.28. The van der Waals surface area contributed by atoms with Gasteiger partial charge in [0.25, 0.3) is 5.91 Å². The fraction of sp³-hybridized carbons (Fsp3) is 0.462. The molecule has 5 heteroatoms. The Morgan fingerprint density at radius 2 is 2.22 bits per heavy atom. The summed E-state index contributed by atoms with van der Waals surface area (Å²) in [6.45, 7) is 3.86. The van der Waals surface area contributed by atoms with Crippen molar-refractivity contribution in [3.63, 3.8) is 0 Å². The van der Waals surface area contributed by atoms with Gasteiger partial charge in [-0.2, -0.15) is 0 Å². The van der Waals surface area contributed by atoms with Crippen molar-refractivity contribution in [1.29, 1.82) is 0 Å². The first-order chi connectivity index (χ1) is 8.32. The molecule has 1 aromatic rings. The summed E-state index contributed by atoms with van der Waals surface area (Å²) < 4.78 is 0. The lowest BCUT2D eigenvalue weighted by atomic mass is 9.64. The van der Waals surface area contributed by atoms with E-state index in [2.05, 4.69) is 5.32 Å². The molecule has 4 nitrogen and oxygen atoms in total. The summed E-state index contributed by atoms with van der Waals surface area (Å²) in [5.74, 6) is -0.228. The number of hydrogen-bond donors (Lipinski definition) is 3. The van der Waals surface area contributed by atoms with E-state index in [9.17, 15) is 9.90 Å². The van der Waals surface area contributed by atoms with Crippen LogP contribution in [0.15, 0.2) is 18.2 Å². The molecule has 2 unspecified atom stereocenters. The molecule has 0 radical (unpaired) electrons. The van der Waals surface area contributed by atoms with Gasteiger partial charge in [0.1, 0.15) is 0 Å². The van der Waals surface area contributed by atoms with Crippen LogP contribution in [0.1, 0.15) is 30.6 Å². The van der Waals surface area contributed by atoms with Crippen molar-refractivity contribution in [2.45, 2.75) is 32.4 Å². The van der Waals surface area contributed by atoms with E-state index in [4.69, 9.17) is 17.3 Å². The molecule has 18 heavy (non-hydrogen) atoms. The molecular formula is C13H17ClN2O2. The van der Waals surface area contributed by atoms with E-state index < -0.39 is 0 Å². The standard InChI is InChI=1S/C13H17ClN2O2/c1-13(2)10(6-11(13)17)16-12(18)8-4-3-7(14)5-9(8)15/h3-5,10-11,17H,6,15H2,1-2H3,(H,16,18). The third-order valence-corrected chi connectivity index (χ3v) is 4.01. The maximum absolute atomic E-state index is 12.1. The van der Waals surface area contributed by atoms with Crippen LogP contribution in [0.2, 0.25) is 5.02 Å². The fourth-order valence-electron chi connectivity index (χ4n) is 2.12. The van der Waals surface area contributed by atoms with Crippen LogP contribution in [-0.2, 0) is 0 Å². The zero-order valence-electron chi connectivity index (χ0n) is 10.4. The number of nitrogen functional groups attached to an aromatic ring is 1. The summed E-state index contributed by atoms with van der Waals surface area (Å²) in [5.41, 5.74) is 6.24. The second-order valence-corrected chi connectivity index (χ2v) is 5.77. The van der Waals surface area contributed by atoms with Crippen molar-refractivity contribution in [2.75, 3.05) is 5.73 Å². The molecule has 1 aliphatic carbocycles. The maximum atomic E-state index is 12.1. The molecule has 0 aromatic heterocycles. The predicted octanol–water partition coefficient (Wildman–Crippen LogP) is 1.81. The number of hydrogen-bond acceptors (Lipinski definition) is 3. The highest BCUT2D eigenvalue weighted by Gasteiger charge is 2.48. The third kappa shape index (κ3) is 2.18. The number of aliphatic hydroxyl groups is 1. The molecule has 2 rings (SSSR count). The molecule has 1 aromatic carbocycles. The zero-order chi connectivity index (χ0) is 13.5. The number of anilines is 1. The van der Waals surface area contributed by atoms with Crippen molar-refractivity contribution < 1.29 is 9.90 Å². The van der Waals surface area contributed by atoms with Gasteiger partial charge >= 0.3 is 0 Å². The predicted molar refractivity (Wildman–Crippen MR) is 71.5 cm³/mol. The quantitative estimate of drug-likeness (QED) is 0.716. The van der Waals surface area contributed by atoms with Gasteiger partial charge in [0.15, 0.2) is 0 Å². The second kappa shape index (κ2) is 4.44. The second-order valence-electron chi connectivity index (χ2n) is 5.33. The minimum atomic E-state index is -0.370. The van der Waals surface area contributed by atoms with Crippen LogP contribution >= 0.6 is 11.6 Å². The van der Waals surface area contributed by atoms with Crippen LogP contribution in [-0.4, -0.2) is 23.2 Å². The Morgan fingerprint density at radius 1 is 1.56 bits per heavy atom. The number of amides is 1. The van der Waals surface area contributed by atoms with E-state index in [1.54, 1.807) is 18.2 Å². The van der Waals surface area contributed by atoms with Crippen LogP contribution in [0.3, 0.4) is 0 Å². The minimum absolute atomic E-state index is 0.0323. The SMILES string of the molecule is CC1(C)C(O)CC1NC(=O)c1ccc(Cl)cc1N. The minimum Gasteiger partial charge on any atom is -0.398 e. The maximum Gasteiger partial charge on any atom is 0.253 e. The highest BCUT2D eigenvalue weighted by molar-refractivity contribution is 6.31. The highest BCUT2D eigenvalue weighted by atomic mass is 35.5. The van der Waals surface area contributed by atoms with E-state index in [1.807, 2.05) is 13.8 Å². The molecule has 1 saturated carbocycles. The third-order valence-electron chi connectivity index (χ3n) is 3.78. The molecule has 2 atom stereocenters. The lowest BCUT2D eigenvalue weighted by Gasteiger charge is -2.49. The van der Waals surface area contributed by atoms with Crippen LogP contribution < -0.4 is 11.1 Å². The number of benzene rings is 1. The van der Waals surface area contributed by atoms with Gasteiger partial charge < -0.3 is 16.2 Å².